The summed E-state index contributed by atoms with van der Waals surface area (Å²) in [4.78, 5) is 38.8. The molecule has 32 heavy (non-hydrogen) atoms. The van der Waals surface area contributed by atoms with Crippen LogP contribution in [0.4, 0.5) is 5.69 Å². The van der Waals surface area contributed by atoms with Gasteiger partial charge in [-0.15, -0.1) is 0 Å². The lowest BCUT2D eigenvalue weighted by atomic mass is 10.1. The van der Waals surface area contributed by atoms with Crippen LogP contribution < -0.4 is 15.4 Å². The summed E-state index contributed by atoms with van der Waals surface area (Å²) >= 11 is 0. The first kappa shape index (κ1) is 24.9. The number of anilines is 1. The SMILES string of the molecule is COCCCN(CC(=O)NCC(=O)Nc1ccc(C)cc1)C(=O)Cc1ccc(OC)cc1. The van der Waals surface area contributed by atoms with Crippen LogP contribution in [0.5, 0.6) is 5.75 Å². The van der Waals surface area contributed by atoms with Gasteiger partial charge in [0.15, 0.2) is 0 Å². The molecule has 2 N–H and O–H groups in total. The zero-order valence-corrected chi connectivity index (χ0v) is 18.8. The van der Waals surface area contributed by atoms with Crippen molar-refractivity contribution in [3.05, 3.63) is 59.7 Å². The van der Waals surface area contributed by atoms with Crippen LogP contribution in [0.3, 0.4) is 0 Å². The number of ether oxygens (including phenoxy) is 2. The van der Waals surface area contributed by atoms with Gasteiger partial charge in [-0.25, -0.2) is 0 Å². The fraction of sp³-hybridized carbons (Fsp3) is 0.375. The van der Waals surface area contributed by atoms with Crippen molar-refractivity contribution in [1.29, 1.82) is 0 Å². The maximum absolute atomic E-state index is 12.8. The van der Waals surface area contributed by atoms with E-state index in [2.05, 4.69) is 10.6 Å². The van der Waals surface area contributed by atoms with Crippen molar-refractivity contribution in [3.8, 4) is 5.75 Å². The molecule has 0 aromatic heterocycles. The molecule has 8 heteroatoms. The van der Waals surface area contributed by atoms with E-state index in [4.69, 9.17) is 9.47 Å². The van der Waals surface area contributed by atoms with E-state index < -0.39 is 5.91 Å². The Morgan fingerprint density at radius 2 is 1.62 bits per heavy atom. The zero-order chi connectivity index (χ0) is 23.3. The normalized spacial score (nSPS) is 10.3. The summed E-state index contributed by atoms with van der Waals surface area (Å²) in [5, 5.41) is 5.30. The number of nitrogens with one attached hydrogen (secondary N) is 2. The number of nitrogens with zero attached hydrogens (tertiary/aromatic N) is 1. The van der Waals surface area contributed by atoms with Crippen LogP contribution >= 0.6 is 0 Å². The Labute approximate surface area is 188 Å². The molecule has 172 valence electrons. The number of benzene rings is 2. The predicted molar refractivity (Wildman–Crippen MR) is 123 cm³/mol. The van der Waals surface area contributed by atoms with Gasteiger partial charge in [0.25, 0.3) is 0 Å². The molecule has 8 nitrogen and oxygen atoms in total. The largest absolute Gasteiger partial charge is 0.497 e. The van der Waals surface area contributed by atoms with Gasteiger partial charge in [0, 0.05) is 25.9 Å². The van der Waals surface area contributed by atoms with E-state index in [9.17, 15) is 14.4 Å². The van der Waals surface area contributed by atoms with Gasteiger partial charge in [-0.3, -0.25) is 14.4 Å². The van der Waals surface area contributed by atoms with Gasteiger partial charge < -0.3 is 25.0 Å². The Bertz CT molecular complexity index is 882. The number of rotatable bonds is 12. The molecule has 0 unspecified atom stereocenters. The Morgan fingerprint density at radius 1 is 0.938 bits per heavy atom. The first-order valence-corrected chi connectivity index (χ1v) is 10.4. The second-order valence-corrected chi connectivity index (χ2v) is 7.38. The molecule has 0 fully saturated rings. The second-order valence-electron chi connectivity index (χ2n) is 7.38. The van der Waals surface area contributed by atoms with Gasteiger partial charge in [-0.1, -0.05) is 29.8 Å². The first-order chi connectivity index (χ1) is 15.4. The smallest absolute Gasteiger partial charge is 0.243 e. The predicted octanol–water partition coefficient (Wildman–Crippen LogP) is 2.17. The molecule has 2 aromatic carbocycles. The van der Waals surface area contributed by atoms with Crippen molar-refractivity contribution < 1.29 is 23.9 Å². The minimum atomic E-state index is -0.399. The average molecular weight is 442 g/mol. The van der Waals surface area contributed by atoms with Gasteiger partial charge in [0.05, 0.1) is 26.6 Å². The zero-order valence-electron chi connectivity index (χ0n) is 18.8. The first-order valence-electron chi connectivity index (χ1n) is 10.4. The molecule has 0 saturated carbocycles. The van der Waals surface area contributed by atoms with E-state index in [0.29, 0.717) is 31.0 Å². The summed E-state index contributed by atoms with van der Waals surface area (Å²) in [7, 11) is 3.17. The number of aryl methyl sites for hydroxylation is 1. The lowest BCUT2D eigenvalue weighted by Gasteiger charge is -2.22. The van der Waals surface area contributed by atoms with E-state index >= 15 is 0 Å². The quantitative estimate of drug-likeness (QED) is 0.492. The number of hydrogen-bond acceptors (Lipinski definition) is 5. The summed E-state index contributed by atoms with van der Waals surface area (Å²) in [6, 6.07) is 14.6. The Morgan fingerprint density at radius 3 is 2.25 bits per heavy atom. The molecular weight excluding hydrogens is 410 g/mol. The summed E-state index contributed by atoms with van der Waals surface area (Å²) in [5.74, 6) is -0.200. The van der Waals surface area contributed by atoms with Gasteiger partial charge in [-0.2, -0.15) is 0 Å². The fourth-order valence-corrected chi connectivity index (χ4v) is 2.97. The van der Waals surface area contributed by atoms with Crippen molar-refractivity contribution in [2.75, 3.05) is 45.8 Å². The van der Waals surface area contributed by atoms with Crippen LogP contribution in [0.2, 0.25) is 0 Å². The molecule has 0 saturated heterocycles. The van der Waals surface area contributed by atoms with Crippen LogP contribution in [0.25, 0.3) is 0 Å². The highest BCUT2D eigenvalue weighted by Gasteiger charge is 2.18. The standard InChI is InChI=1S/C24H31N3O5/c1-18-5-9-20(10-6-18)26-22(28)16-25-23(29)17-27(13-4-14-31-2)24(30)15-19-7-11-21(32-3)12-8-19/h5-12H,4,13-17H2,1-3H3,(H,25,29)(H,26,28). The lowest BCUT2D eigenvalue weighted by molar-refractivity contribution is -0.135. The maximum Gasteiger partial charge on any atom is 0.243 e. The fourth-order valence-electron chi connectivity index (χ4n) is 2.97. The number of methoxy groups -OCH3 is 2. The third-order valence-corrected chi connectivity index (χ3v) is 4.76. The molecule has 0 aliphatic carbocycles. The molecule has 0 aliphatic rings. The van der Waals surface area contributed by atoms with Crippen molar-refractivity contribution in [3.63, 3.8) is 0 Å². The Kier molecular flexibility index (Phi) is 10.2. The van der Waals surface area contributed by atoms with Crippen LogP contribution in [-0.2, 0) is 25.5 Å². The van der Waals surface area contributed by atoms with E-state index in [0.717, 1.165) is 11.1 Å². The molecule has 0 heterocycles. The molecule has 0 spiro atoms. The highest BCUT2D eigenvalue weighted by molar-refractivity contribution is 5.95. The second kappa shape index (κ2) is 13.1. The van der Waals surface area contributed by atoms with Gasteiger partial charge in [0.2, 0.25) is 17.7 Å². The van der Waals surface area contributed by atoms with Gasteiger partial charge in [0.1, 0.15) is 5.75 Å². The van der Waals surface area contributed by atoms with Gasteiger partial charge in [-0.05, 0) is 43.2 Å². The maximum atomic E-state index is 12.8. The highest BCUT2D eigenvalue weighted by atomic mass is 16.5. The highest BCUT2D eigenvalue weighted by Crippen LogP contribution is 2.13. The van der Waals surface area contributed by atoms with E-state index in [1.165, 1.54) is 4.90 Å². The van der Waals surface area contributed by atoms with Crippen LogP contribution in [-0.4, -0.2) is 63.1 Å². The van der Waals surface area contributed by atoms with Crippen molar-refractivity contribution >= 4 is 23.4 Å². The third-order valence-electron chi connectivity index (χ3n) is 4.76. The molecule has 0 aliphatic heterocycles. The molecule has 0 atom stereocenters. The van der Waals surface area contributed by atoms with E-state index in [1.807, 2.05) is 31.2 Å². The Hall–Kier alpha value is -3.39. The number of amides is 3. The minimum Gasteiger partial charge on any atom is -0.497 e. The monoisotopic (exact) mass is 441 g/mol. The van der Waals surface area contributed by atoms with Gasteiger partial charge >= 0.3 is 0 Å². The molecule has 3 amide bonds. The average Bonchev–Trinajstić information content (AvgIpc) is 2.79. The molecule has 2 rings (SSSR count). The lowest BCUT2D eigenvalue weighted by Crippen LogP contribution is -2.44. The minimum absolute atomic E-state index is 0.128. The third kappa shape index (κ3) is 8.77. The van der Waals surface area contributed by atoms with Crippen LogP contribution in [0.1, 0.15) is 17.5 Å². The molecule has 2 aromatic rings. The topological polar surface area (TPSA) is 97.0 Å². The summed E-state index contributed by atoms with van der Waals surface area (Å²) in [5.41, 5.74) is 2.57. The summed E-state index contributed by atoms with van der Waals surface area (Å²) < 4.78 is 10.2. The Balaban J connectivity index is 1.88. The number of carbonyl (C=O) groups is 3. The van der Waals surface area contributed by atoms with E-state index in [-0.39, 0.29) is 31.3 Å². The summed E-state index contributed by atoms with van der Waals surface area (Å²) in [6.07, 6.45) is 0.768. The van der Waals surface area contributed by atoms with E-state index in [1.54, 1.807) is 38.5 Å². The van der Waals surface area contributed by atoms with Crippen molar-refractivity contribution in [1.82, 2.24) is 10.2 Å². The molecule has 0 radical (unpaired) electrons. The van der Waals surface area contributed by atoms with Crippen molar-refractivity contribution in [2.45, 2.75) is 19.8 Å². The van der Waals surface area contributed by atoms with Crippen LogP contribution in [0.15, 0.2) is 48.5 Å². The molecular formula is C24H31N3O5. The number of hydrogen-bond donors (Lipinski definition) is 2. The van der Waals surface area contributed by atoms with Crippen LogP contribution in [0, 0.1) is 6.92 Å². The number of carbonyl (C=O) groups excluding carboxylic acids is 3. The summed E-state index contributed by atoms with van der Waals surface area (Å²) in [6.45, 7) is 2.51. The van der Waals surface area contributed by atoms with Crippen molar-refractivity contribution in [2.24, 2.45) is 0 Å². The molecule has 0 bridgehead atoms.